The molecule has 0 aliphatic carbocycles. The second kappa shape index (κ2) is 4.74. The number of hydrogen-bond donors (Lipinski definition) is 1. The zero-order valence-corrected chi connectivity index (χ0v) is 10.2. The zero-order valence-electron chi connectivity index (χ0n) is 10.2. The minimum Gasteiger partial charge on any atom is -0.394 e. The van der Waals surface area contributed by atoms with Crippen LogP contribution in [0.25, 0.3) is 0 Å². The van der Waals surface area contributed by atoms with Gasteiger partial charge < -0.3 is 15.5 Å². The fraction of sp³-hybridized carbons (Fsp3) is 0.727. The highest BCUT2D eigenvalue weighted by Gasteiger charge is 2.14. The molecule has 1 saturated heterocycles. The van der Waals surface area contributed by atoms with Gasteiger partial charge in [0.05, 0.1) is 18.4 Å². The second-order valence-corrected chi connectivity index (χ2v) is 4.59. The van der Waals surface area contributed by atoms with Crippen molar-refractivity contribution in [3.8, 4) is 0 Å². The van der Waals surface area contributed by atoms with Gasteiger partial charge in [0, 0.05) is 20.6 Å². The van der Waals surface area contributed by atoms with Gasteiger partial charge in [-0.25, -0.2) is 4.68 Å². The van der Waals surface area contributed by atoms with Crippen LogP contribution in [0.3, 0.4) is 0 Å². The van der Waals surface area contributed by atoms with Crippen LogP contribution < -0.4 is 10.6 Å². The van der Waals surface area contributed by atoms with Gasteiger partial charge in [-0.1, -0.05) is 0 Å². The Labute approximate surface area is 96.8 Å². The third-order valence-corrected chi connectivity index (χ3v) is 3.09. The monoisotopic (exact) mass is 223 g/mol. The maximum absolute atomic E-state index is 5.89. The topological polar surface area (TPSA) is 50.3 Å². The molecule has 0 saturated carbocycles. The fourth-order valence-electron chi connectivity index (χ4n) is 2.29. The SMILES string of the molecule is CN(C)c1c(N)cnn1CCN1CCCC1. The van der Waals surface area contributed by atoms with Gasteiger partial charge in [0.25, 0.3) is 0 Å². The number of rotatable bonds is 4. The van der Waals surface area contributed by atoms with Crippen molar-refractivity contribution in [2.45, 2.75) is 19.4 Å². The first-order valence-corrected chi connectivity index (χ1v) is 5.89. The Kier molecular flexibility index (Phi) is 3.33. The summed E-state index contributed by atoms with van der Waals surface area (Å²) in [5, 5.41) is 4.32. The van der Waals surface area contributed by atoms with E-state index in [0.717, 1.165) is 24.6 Å². The van der Waals surface area contributed by atoms with E-state index in [4.69, 9.17) is 5.73 Å². The normalized spacial score (nSPS) is 16.9. The van der Waals surface area contributed by atoms with Gasteiger partial charge in [0.15, 0.2) is 0 Å². The molecule has 0 spiro atoms. The van der Waals surface area contributed by atoms with Crippen molar-refractivity contribution in [1.29, 1.82) is 0 Å². The molecule has 1 aliphatic rings. The van der Waals surface area contributed by atoms with Crippen molar-refractivity contribution in [1.82, 2.24) is 14.7 Å². The molecule has 5 heteroatoms. The van der Waals surface area contributed by atoms with Crippen molar-refractivity contribution in [2.75, 3.05) is 44.4 Å². The maximum atomic E-state index is 5.89. The highest BCUT2D eigenvalue weighted by Crippen LogP contribution is 2.20. The van der Waals surface area contributed by atoms with E-state index in [1.165, 1.54) is 25.9 Å². The number of aromatic nitrogens is 2. The van der Waals surface area contributed by atoms with E-state index in [0.29, 0.717) is 0 Å². The lowest BCUT2D eigenvalue weighted by molar-refractivity contribution is 0.316. The number of likely N-dealkylation sites (tertiary alicyclic amines) is 1. The first kappa shape index (κ1) is 11.3. The van der Waals surface area contributed by atoms with Gasteiger partial charge in [-0.05, 0) is 25.9 Å². The average molecular weight is 223 g/mol. The molecule has 0 bridgehead atoms. The number of hydrogen-bond acceptors (Lipinski definition) is 4. The number of nitrogens with zero attached hydrogens (tertiary/aromatic N) is 4. The van der Waals surface area contributed by atoms with Crippen molar-refractivity contribution >= 4 is 11.5 Å². The Balaban J connectivity index is 1.97. The molecule has 5 nitrogen and oxygen atoms in total. The summed E-state index contributed by atoms with van der Waals surface area (Å²) in [4.78, 5) is 4.50. The Morgan fingerprint density at radius 2 is 2.00 bits per heavy atom. The molecule has 1 aromatic heterocycles. The first-order valence-electron chi connectivity index (χ1n) is 5.89. The summed E-state index contributed by atoms with van der Waals surface area (Å²) in [5.74, 6) is 1.01. The molecular formula is C11H21N5. The zero-order chi connectivity index (χ0) is 11.5. The molecular weight excluding hydrogens is 202 g/mol. The van der Waals surface area contributed by atoms with Crippen LogP contribution in [0, 0.1) is 0 Å². The standard InChI is InChI=1S/C11H21N5/c1-14(2)11-10(12)9-13-16(11)8-7-15-5-3-4-6-15/h9H,3-8,12H2,1-2H3. The Hall–Kier alpha value is -1.23. The van der Waals surface area contributed by atoms with Crippen LogP contribution >= 0.6 is 0 Å². The van der Waals surface area contributed by atoms with E-state index in [1.807, 2.05) is 23.7 Å². The first-order chi connectivity index (χ1) is 7.68. The molecule has 1 aromatic rings. The van der Waals surface area contributed by atoms with Crippen molar-refractivity contribution in [3.05, 3.63) is 6.20 Å². The van der Waals surface area contributed by atoms with E-state index in [-0.39, 0.29) is 0 Å². The molecule has 0 radical (unpaired) electrons. The van der Waals surface area contributed by atoms with Crippen LogP contribution in [0.4, 0.5) is 11.5 Å². The van der Waals surface area contributed by atoms with Gasteiger partial charge in [0.2, 0.25) is 0 Å². The lowest BCUT2D eigenvalue weighted by Gasteiger charge is -2.18. The predicted molar refractivity (Wildman–Crippen MR) is 66.6 cm³/mol. The van der Waals surface area contributed by atoms with Crippen LogP contribution in [-0.2, 0) is 6.54 Å². The molecule has 1 fully saturated rings. The third kappa shape index (κ3) is 2.29. The van der Waals surface area contributed by atoms with E-state index in [9.17, 15) is 0 Å². The summed E-state index contributed by atoms with van der Waals surface area (Å²) >= 11 is 0. The highest BCUT2D eigenvalue weighted by atomic mass is 15.4. The van der Waals surface area contributed by atoms with Crippen LogP contribution in [0.2, 0.25) is 0 Å². The Bertz CT molecular complexity index is 338. The molecule has 2 heterocycles. The summed E-state index contributed by atoms with van der Waals surface area (Å²) in [6.07, 6.45) is 4.41. The molecule has 1 aliphatic heterocycles. The smallest absolute Gasteiger partial charge is 0.149 e. The second-order valence-electron chi connectivity index (χ2n) is 4.59. The minimum absolute atomic E-state index is 0.756. The van der Waals surface area contributed by atoms with Crippen LogP contribution in [0.1, 0.15) is 12.8 Å². The minimum atomic E-state index is 0.756. The summed E-state index contributed by atoms with van der Waals surface area (Å²) < 4.78 is 1.99. The van der Waals surface area contributed by atoms with Crippen molar-refractivity contribution < 1.29 is 0 Å². The van der Waals surface area contributed by atoms with Crippen LogP contribution in [0.15, 0.2) is 6.20 Å². The molecule has 2 rings (SSSR count). The van der Waals surface area contributed by atoms with Crippen LogP contribution in [0.5, 0.6) is 0 Å². The van der Waals surface area contributed by atoms with E-state index in [2.05, 4.69) is 10.00 Å². The third-order valence-electron chi connectivity index (χ3n) is 3.09. The summed E-state index contributed by atoms with van der Waals surface area (Å²) in [5.41, 5.74) is 6.64. The lowest BCUT2D eigenvalue weighted by Crippen LogP contribution is -2.26. The quantitative estimate of drug-likeness (QED) is 0.813. The Morgan fingerprint density at radius 3 is 2.62 bits per heavy atom. The summed E-state index contributed by atoms with van der Waals surface area (Å²) in [6, 6.07) is 0. The van der Waals surface area contributed by atoms with Crippen molar-refractivity contribution in [2.24, 2.45) is 0 Å². The van der Waals surface area contributed by atoms with Gasteiger partial charge >= 0.3 is 0 Å². The Morgan fingerprint density at radius 1 is 1.31 bits per heavy atom. The maximum Gasteiger partial charge on any atom is 0.149 e. The van der Waals surface area contributed by atoms with Gasteiger partial charge in [-0.2, -0.15) is 5.10 Å². The highest BCUT2D eigenvalue weighted by molar-refractivity contribution is 5.61. The molecule has 16 heavy (non-hydrogen) atoms. The number of anilines is 2. The van der Waals surface area contributed by atoms with Gasteiger partial charge in [-0.3, -0.25) is 0 Å². The molecule has 0 aromatic carbocycles. The number of nitrogens with two attached hydrogens (primary N) is 1. The summed E-state index contributed by atoms with van der Waals surface area (Å²) in [6.45, 7) is 4.45. The summed E-state index contributed by atoms with van der Waals surface area (Å²) in [7, 11) is 4.00. The predicted octanol–water partition coefficient (Wildman–Crippen LogP) is 0.627. The van der Waals surface area contributed by atoms with Gasteiger partial charge in [-0.15, -0.1) is 0 Å². The molecule has 90 valence electrons. The fourth-order valence-corrected chi connectivity index (χ4v) is 2.29. The van der Waals surface area contributed by atoms with Crippen LogP contribution in [-0.4, -0.2) is 48.4 Å². The molecule has 0 atom stereocenters. The average Bonchev–Trinajstić information content (AvgIpc) is 2.83. The van der Waals surface area contributed by atoms with E-state index >= 15 is 0 Å². The lowest BCUT2D eigenvalue weighted by atomic mass is 10.4. The molecule has 2 N–H and O–H groups in total. The molecule has 0 amide bonds. The van der Waals surface area contributed by atoms with Gasteiger partial charge in [0.1, 0.15) is 5.82 Å². The number of nitrogen functional groups attached to an aromatic ring is 1. The largest absolute Gasteiger partial charge is 0.394 e. The van der Waals surface area contributed by atoms with E-state index in [1.54, 1.807) is 6.20 Å². The van der Waals surface area contributed by atoms with E-state index < -0.39 is 0 Å². The molecule has 0 unspecified atom stereocenters. The van der Waals surface area contributed by atoms with Crippen molar-refractivity contribution in [3.63, 3.8) is 0 Å².